The van der Waals surface area contributed by atoms with E-state index in [1.54, 1.807) is 0 Å². The minimum Gasteiger partial charge on any atom is -0.330 e. The maximum atomic E-state index is 5.61. The molecule has 1 unspecified atom stereocenters. The van der Waals surface area contributed by atoms with Crippen LogP contribution >= 0.6 is 0 Å². The van der Waals surface area contributed by atoms with Gasteiger partial charge in [0.05, 0.1) is 5.52 Å². The molecule has 1 aromatic heterocycles. The number of rotatable bonds is 4. The van der Waals surface area contributed by atoms with Crippen molar-refractivity contribution in [3.63, 3.8) is 0 Å². The summed E-state index contributed by atoms with van der Waals surface area (Å²) in [6, 6.07) is 12.5. The Balaban J connectivity index is 2.13. The molecule has 0 fully saturated rings. The summed E-state index contributed by atoms with van der Waals surface area (Å²) < 4.78 is 0. The van der Waals surface area contributed by atoms with E-state index in [1.807, 2.05) is 12.1 Å². The van der Waals surface area contributed by atoms with Crippen LogP contribution in [0.4, 0.5) is 0 Å². The van der Waals surface area contributed by atoms with Crippen molar-refractivity contribution in [2.24, 2.45) is 11.7 Å². The summed E-state index contributed by atoms with van der Waals surface area (Å²) in [6.07, 6.45) is 2.13. The van der Waals surface area contributed by atoms with Crippen molar-refractivity contribution in [3.05, 3.63) is 42.1 Å². The van der Waals surface area contributed by atoms with Gasteiger partial charge >= 0.3 is 0 Å². The van der Waals surface area contributed by atoms with Crippen LogP contribution in [0.2, 0.25) is 0 Å². The van der Waals surface area contributed by atoms with Gasteiger partial charge in [0.15, 0.2) is 0 Å². The van der Waals surface area contributed by atoms with E-state index < -0.39 is 0 Å². The minimum atomic E-state index is 0.577. The van der Waals surface area contributed by atoms with Gasteiger partial charge < -0.3 is 5.73 Å². The average molecular weight is 214 g/mol. The molecule has 2 N–H and O–H groups in total. The fourth-order valence-corrected chi connectivity index (χ4v) is 1.76. The molecule has 0 aliphatic carbocycles. The highest BCUT2D eigenvalue weighted by atomic mass is 14.7. The van der Waals surface area contributed by atoms with Gasteiger partial charge in [0.25, 0.3) is 0 Å². The van der Waals surface area contributed by atoms with Gasteiger partial charge in [-0.1, -0.05) is 31.2 Å². The highest BCUT2D eigenvalue weighted by Gasteiger charge is 2.02. The highest BCUT2D eigenvalue weighted by Crippen LogP contribution is 2.14. The lowest BCUT2D eigenvalue weighted by molar-refractivity contribution is 0.541. The average Bonchev–Trinajstić information content (AvgIpc) is 2.35. The minimum absolute atomic E-state index is 0.577. The molecule has 0 aliphatic heterocycles. The lowest BCUT2D eigenvalue weighted by atomic mass is 10.0. The van der Waals surface area contributed by atoms with Crippen LogP contribution in [0, 0.1) is 5.92 Å². The standard InChI is InChI=1S/C14H18N2/c1-11(10-15)6-8-13-9-7-12-4-2-3-5-14(12)16-13/h2-5,7,9,11H,6,8,10,15H2,1H3. The van der Waals surface area contributed by atoms with Gasteiger partial charge in [0.1, 0.15) is 0 Å². The van der Waals surface area contributed by atoms with Gasteiger partial charge in [-0.25, -0.2) is 0 Å². The molecule has 0 aliphatic rings. The third-order valence-corrected chi connectivity index (χ3v) is 2.95. The first-order chi connectivity index (χ1) is 7.79. The van der Waals surface area contributed by atoms with E-state index in [1.165, 1.54) is 11.1 Å². The normalized spacial score (nSPS) is 12.9. The Labute approximate surface area is 96.5 Å². The molecule has 2 rings (SSSR count). The third-order valence-electron chi connectivity index (χ3n) is 2.95. The summed E-state index contributed by atoms with van der Waals surface area (Å²) in [7, 11) is 0. The Morgan fingerprint density at radius 1 is 1.19 bits per heavy atom. The number of aromatic nitrogens is 1. The fourth-order valence-electron chi connectivity index (χ4n) is 1.76. The molecule has 16 heavy (non-hydrogen) atoms. The van der Waals surface area contributed by atoms with E-state index in [0.29, 0.717) is 5.92 Å². The maximum Gasteiger partial charge on any atom is 0.0705 e. The number of fused-ring (bicyclic) bond motifs is 1. The molecule has 0 amide bonds. The molecular weight excluding hydrogens is 196 g/mol. The van der Waals surface area contributed by atoms with Gasteiger partial charge in [-0.3, -0.25) is 4.98 Å². The van der Waals surface area contributed by atoms with Crippen LogP contribution in [0.15, 0.2) is 36.4 Å². The molecule has 0 bridgehead atoms. The van der Waals surface area contributed by atoms with Crippen molar-refractivity contribution in [2.45, 2.75) is 19.8 Å². The Morgan fingerprint density at radius 3 is 2.81 bits per heavy atom. The Morgan fingerprint density at radius 2 is 2.00 bits per heavy atom. The van der Waals surface area contributed by atoms with Gasteiger partial charge in [-0.15, -0.1) is 0 Å². The summed E-state index contributed by atoms with van der Waals surface area (Å²) >= 11 is 0. The number of benzene rings is 1. The second-order valence-corrected chi connectivity index (χ2v) is 4.37. The third kappa shape index (κ3) is 2.58. The first-order valence-corrected chi connectivity index (χ1v) is 5.84. The van der Waals surface area contributed by atoms with Crippen molar-refractivity contribution >= 4 is 10.9 Å². The number of pyridine rings is 1. The van der Waals surface area contributed by atoms with Gasteiger partial charge in [0, 0.05) is 11.1 Å². The van der Waals surface area contributed by atoms with E-state index in [0.717, 1.165) is 24.9 Å². The summed E-state index contributed by atoms with van der Waals surface area (Å²) in [5, 5.41) is 1.21. The Bertz CT molecular complexity index is 465. The molecular formula is C14H18N2. The van der Waals surface area contributed by atoms with Crippen LogP contribution in [-0.2, 0) is 6.42 Å². The molecule has 1 aromatic carbocycles. The zero-order chi connectivity index (χ0) is 11.4. The molecule has 2 nitrogen and oxygen atoms in total. The maximum absolute atomic E-state index is 5.61. The molecule has 0 radical (unpaired) electrons. The Hall–Kier alpha value is -1.41. The molecule has 2 heteroatoms. The number of nitrogens with zero attached hydrogens (tertiary/aromatic N) is 1. The lowest BCUT2D eigenvalue weighted by Gasteiger charge is -2.07. The molecule has 1 heterocycles. The summed E-state index contributed by atoms with van der Waals surface area (Å²) in [4.78, 5) is 4.64. The second-order valence-electron chi connectivity index (χ2n) is 4.37. The van der Waals surface area contributed by atoms with Crippen LogP contribution in [0.5, 0.6) is 0 Å². The molecule has 84 valence electrons. The quantitative estimate of drug-likeness (QED) is 0.850. The van der Waals surface area contributed by atoms with E-state index in [2.05, 4.69) is 36.2 Å². The van der Waals surface area contributed by atoms with E-state index in [4.69, 9.17) is 5.73 Å². The summed E-state index contributed by atoms with van der Waals surface area (Å²) in [5.74, 6) is 0.577. The first kappa shape index (κ1) is 11.1. The fraction of sp³-hybridized carbons (Fsp3) is 0.357. The number of para-hydroxylation sites is 1. The largest absolute Gasteiger partial charge is 0.330 e. The van der Waals surface area contributed by atoms with Crippen LogP contribution in [0.1, 0.15) is 19.0 Å². The molecule has 0 saturated carbocycles. The monoisotopic (exact) mass is 214 g/mol. The lowest BCUT2D eigenvalue weighted by Crippen LogP contribution is -2.11. The topological polar surface area (TPSA) is 38.9 Å². The van der Waals surface area contributed by atoms with Gasteiger partial charge in [-0.2, -0.15) is 0 Å². The zero-order valence-electron chi connectivity index (χ0n) is 9.69. The van der Waals surface area contributed by atoms with Crippen molar-refractivity contribution in [2.75, 3.05) is 6.54 Å². The summed E-state index contributed by atoms with van der Waals surface area (Å²) in [6.45, 7) is 2.94. The predicted octanol–water partition coefficient (Wildman–Crippen LogP) is 2.76. The van der Waals surface area contributed by atoms with Crippen LogP contribution < -0.4 is 5.73 Å². The molecule has 0 saturated heterocycles. The molecule has 2 aromatic rings. The molecule has 0 spiro atoms. The number of aryl methyl sites for hydroxylation is 1. The predicted molar refractivity (Wildman–Crippen MR) is 68.3 cm³/mol. The number of hydrogen-bond acceptors (Lipinski definition) is 2. The van der Waals surface area contributed by atoms with Crippen molar-refractivity contribution in [1.29, 1.82) is 0 Å². The van der Waals surface area contributed by atoms with E-state index >= 15 is 0 Å². The smallest absolute Gasteiger partial charge is 0.0705 e. The van der Waals surface area contributed by atoms with Crippen molar-refractivity contribution < 1.29 is 0 Å². The summed E-state index contributed by atoms with van der Waals surface area (Å²) in [5.41, 5.74) is 7.86. The van der Waals surface area contributed by atoms with E-state index in [-0.39, 0.29) is 0 Å². The van der Waals surface area contributed by atoms with Crippen molar-refractivity contribution in [3.8, 4) is 0 Å². The number of hydrogen-bond donors (Lipinski definition) is 1. The Kier molecular flexibility index (Phi) is 3.52. The van der Waals surface area contributed by atoms with Gasteiger partial charge in [-0.05, 0) is 37.4 Å². The van der Waals surface area contributed by atoms with Crippen LogP contribution in [-0.4, -0.2) is 11.5 Å². The SMILES string of the molecule is CC(CN)CCc1ccc2ccccc2n1. The number of nitrogens with two attached hydrogens (primary N) is 1. The second kappa shape index (κ2) is 5.08. The zero-order valence-corrected chi connectivity index (χ0v) is 9.69. The van der Waals surface area contributed by atoms with Crippen LogP contribution in [0.25, 0.3) is 10.9 Å². The van der Waals surface area contributed by atoms with Crippen LogP contribution in [0.3, 0.4) is 0 Å². The first-order valence-electron chi connectivity index (χ1n) is 5.84. The highest BCUT2D eigenvalue weighted by molar-refractivity contribution is 5.78. The molecule has 1 atom stereocenters. The van der Waals surface area contributed by atoms with E-state index in [9.17, 15) is 0 Å². The van der Waals surface area contributed by atoms with Gasteiger partial charge in [0.2, 0.25) is 0 Å². The van der Waals surface area contributed by atoms with Crippen molar-refractivity contribution in [1.82, 2.24) is 4.98 Å².